The number of fused-ring (bicyclic) bond motifs is 1. The molecule has 2 nitrogen and oxygen atoms in total. The Morgan fingerprint density at radius 1 is 0.667 bits per heavy atom. The molecule has 0 unspecified atom stereocenters. The topological polar surface area (TPSA) is 25.8 Å². The van der Waals surface area contributed by atoms with Crippen molar-refractivity contribution in [2.75, 3.05) is 0 Å². The number of hydrogen-bond acceptors (Lipinski definition) is 2. The Morgan fingerprint density at radius 2 is 1.43 bits per heavy atom. The normalized spacial score (nSPS) is 9.90. The first-order valence-corrected chi connectivity index (χ1v) is 9.52. The summed E-state index contributed by atoms with van der Waals surface area (Å²) in [5, 5.41) is 2.39. The number of pyridine rings is 2. The molecule has 0 fully saturated rings. The summed E-state index contributed by atoms with van der Waals surface area (Å²) in [6, 6.07) is 36.6. The Labute approximate surface area is 191 Å². The average molecular weight is 565 g/mol. The van der Waals surface area contributed by atoms with E-state index in [2.05, 4.69) is 40.3 Å². The molecule has 3 heteroatoms. The molecule has 0 saturated heterocycles. The summed E-state index contributed by atoms with van der Waals surface area (Å²) < 4.78 is 0. The molecule has 1 radical (unpaired) electrons. The van der Waals surface area contributed by atoms with Gasteiger partial charge in [0, 0.05) is 32.5 Å². The molecule has 30 heavy (non-hydrogen) atoms. The fraction of sp³-hybridized carbons (Fsp3) is 0.0370. The summed E-state index contributed by atoms with van der Waals surface area (Å²) in [5.41, 5.74) is 5.18. The summed E-state index contributed by atoms with van der Waals surface area (Å²) in [6.45, 7) is 2.05. The molecule has 0 amide bonds. The Hall–Kier alpha value is -3.13. The SMILES string of the molecule is Cc1[c-]c(-c2cc3ccccc3cn2)ccc1.[Ir].[c-]1ccccc1-c1ccccn1. The van der Waals surface area contributed by atoms with E-state index in [0.29, 0.717) is 0 Å². The van der Waals surface area contributed by atoms with Gasteiger partial charge >= 0.3 is 0 Å². The second kappa shape index (κ2) is 10.6. The fourth-order valence-electron chi connectivity index (χ4n) is 3.04. The molecular formula is C27H20IrN2-2. The van der Waals surface area contributed by atoms with Gasteiger partial charge in [-0.05, 0) is 28.2 Å². The Bertz CT molecular complexity index is 1170. The van der Waals surface area contributed by atoms with Gasteiger partial charge < -0.3 is 9.97 Å². The summed E-state index contributed by atoms with van der Waals surface area (Å²) in [7, 11) is 0. The second-order valence-corrected chi connectivity index (χ2v) is 6.66. The van der Waals surface area contributed by atoms with Crippen molar-refractivity contribution in [3.8, 4) is 22.5 Å². The summed E-state index contributed by atoms with van der Waals surface area (Å²) in [6.07, 6.45) is 3.71. The van der Waals surface area contributed by atoms with Crippen molar-refractivity contribution in [3.05, 3.63) is 121 Å². The molecular weight excluding hydrogens is 545 g/mol. The van der Waals surface area contributed by atoms with Crippen molar-refractivity contribution in [2.45, 2.75) is 6.92 Å². The van der Waals surface area contributed by atoms with Gasteiger partial charge in [0.2, 0.25) is 0 Å². The summed E-state index contributed by atoms with van der Waals surface area (Å²) in [5.74, 6) is 0. The van der Waals surface area contributed by atoms with Crippen LogP contribution in [0.5, 0.6) is 0 Å². The van der Waals surface area contributed by atoms with Crippen molar-refractivity contribution in [2.24, 2.45) is 0 Å². The van der Waals surface area contributed by atoms with Crippen LogP contribution in [0.1, 0.15) is 5.56 Å². The number of aryl methyl sites for hydroxylation is 1. The van der Waals surface area contributed by atoms with Gasteiger partial charge in [0.25, 0.3) is 0 Å². The maximum atomic E-state index is 4.49. The predicted molar refractivity (Wildman–Crippen MR) is 119 cm³/mol. The third kappa shape index (κ3) is 5.48. The molecule has 149 valence electrons. The van der Waals surface area contributed by atoms with E-state index < -0.39 is 0 Å². The third-order valence-corrected chi connectivity index (χ3v) is 4.50. The molecule has 2 heterocycles. The van der Waals surface area contributed by atoms with E-state index in [1.807, 2.05) is 85.9 Å². The molecule has 0 saturated carbocycles. The maximum absolute atomic E-state index is 4.49. The van der Waals surface area contributed by atoms with Crippen LogP contribution in [-0.4, -0.2) is 9.97 Å². The minimum atomic E-state index is 0. The molecule has 0 atom stereocenters. The van der Waals surface area contributed by atoms with Crippen LogP contribution in [0.4, 0.5) is 0 Å². The van der Waals surface area contributed by atoms with Crippen LogP contribution in [0, 0.1) is 19.1 Å². The second-order valence-electron chi connectivity index (χ2n) is 6.66. The van der Waals surface area contributed by atoms with Crippen LogP contribution < -0.4 is 0 Å². The predicted octanol–water partition coefficient (Wildman–Crippen LogP) is 6.56. The van der Waals surface area contributed by atoms with Crippen molar-refractivity contribution >= 4 is 10.8 Å². The van der Waals surface area contributed by atoms with Gasteiger partial charge in [-0.25, -0.2) is 0 Å². The van der Waals surface area contributed by atoms with E-state index in [4.69, 9.17) is 0 Å². The van der Waals surface area contributed by atoms with E-state index in [1.54, 1.807) is 6.20 Å². The zero-order chi connectivity index (χ0) is 19.9. The number of aromatic nitrogens is 2. The van der Waals surface area contributed by atoms with Crippen LogP contribution >= 0.6 is 0 Å². The minimum absolute atomic E-state index is 0. The van der Waals surface area contributed by atoms with Crippen LogP contribution in [0.3, 0.4) is 0 Å². The smallest absolute Gasteiger partial charge is 0.0239 e. The van der Waals surface area contributed by atoms with Gasteiger partial charge in [-0.15, -0.1) is 71.3 Å². The van der Waals surface area contributed by atoms with Crippen molar-refractivity contribution in [3.63, 3.8) is 0 Å². The third-order valence-electron chi connectivity index (χ3n) is 4.50. The Kier molecular flexibility index (Phi) is 7.62. The van der Waals surface area contributed by atoms with Crippen LogP contribution in [0.25, 0.3) is 33.3 Å². The van der Waals surface area contributed by atoms with Gasteiger partial charge in [-0.1, -0.05) is 49.4 Å². The zero-order valence-electron chi connectivity index (χ0n) is 16.5. The van der Waals surface area contributed by atoms with Gasteiger partial charge in [0.05, 0.1) is 0 Å². The summed E-state index contributed by atoms with van der Waals surface area (Å²) >= 11 is 0. The number of benzene rings is 3. The molecule has 2 aromatic heterocycles. The molecule has 0 aliphatic carbocycles. The fourth-order valence-corrected chi connectivity index (χ4v) is 3.04. The van der Waals surface area contributed by atoms with Crippen molar-refractivity contribution < 1.29 is 20.1 Å². The molecule has 0 aliphatic heterocycles. The Morgan fingerprint density at radius 3 is 2.17 bits per heavy atom. The minimum Gasteiger partial charge on any atom is -0.305 e. The molecule has 0 N–H and O–H groups in total. The van der Waals surface area contributed by atoms with Crippen LogP contribution in [-0.2, 0) is 20.1 Å². The van der Waals surface area contributed by atoms with E-state index >= 15 is 0 Å². The molecule has 0 aliphatic rings. The van der Waals surface area contributed by atoms with E-state index in [-0.39, 0.29) is 20.1 Å². The molecule has 0 bridgehead atoms. The van der Waals surface area contributed by atoms with E-state index in [0.717, 1.165) is 28.1 Å². The maximum Gasteiger partial charge on any atom is 0.0239 e. The largest absolute Gasteiger partial charge is 0.305 e. The molecule has 0 spiro atoms. The van der Waals surface area contributed by atoms with E-state index in [1.165, 1.54) is 10.8 Å². The first-order valence-electron chi connectivity index (χ1n) is 9.52. The van der Waals surface area contributed by atoms with E-state index in [9.17, 15) is 0 Å². The number of hydrogen-bond donors (Lipinski definition) is 0. The van der Waals surface area contributed by atoms with Gasteiger partial charge in [0.1, 0.15) is 0 Å². The Balaban J connectivity index is 0.000000175. The zero-order valence-corrected chi connectivity index (χ0v) is 18.9. The number of nitrogens with zero attached hydrogens (tertiary/aromatic N) is 2. The van der Waals surface area contributed by atoms with Crippen molar-refractivity contribution in [1.29, 1.82) is 0 Å². The van der Waals surface area contributed by atoms with Crippen LogP contribution in [0.2, 0.25) is 0 Å². The van der Waals surface area contributed by atoms with Gasteiger partial charge in [-0.3, -0.25) is 0 Å². The van der Waals surface area contributed by atoms with Gasteiger partial charge in [0.15, 0.2) is 0 Å². The quantitative estimate of drug-likeness (QED) is 0.227. The molecule has 5 rings (SSSR count). The van der Waals surface area contributed by atoms with Crippen molar-refractivity contribution in [1.82, 2.24) is 9.97 Å². The molecule has 3 aromatic carbocycles. The summed E-state index contributed by atoms with van der Waals surface area (Å²) in [4.78, 5) is 8.70. The van der Waals surface area contributed by atoms with Gasteiger partial charge in [-0.2, -0.15) is 0 Å². The molecule has 5 aromatic rings. The monoisotopic (exact) mass is 565 g/mol. The number of rotatable bonds is 2. The van der Waals surface area contributed by atoms with Crippen LogP contribution in [0.15, 0.2) is 103 Å². The first-order chi connectivity index (χ1) is 14.3. The first kappa shape index (κ1) is 21.6. The average Bonchev–Trinajstić information content (AvgIpc) is 2.80. The standard InChI is InChI=1S/C16H12N.C11H8N.Ir/c1-12-5-4-8-14(9-12)16-10-13-6-2-3-7-15(13)11-17-16;1-2-6-10(7-3-1)11-8-4-5-9-12-11;/h2-8,10-11H,1H3;1-6,8-9H;/q2*-1;.